The fourth-order valence-corrected chi connectivity index (χ4v) is 2.93. The van der Waals surface area contributed by atoms with Gasteiger partial charge in [-0.1, -0.05) is 30.3 Å². The number of hydrogen-bond donors (Lipinski definition) is 2. The Kier molecular flexibility index (Phi) is 6.94. The molecule has 2 rings (SSSR count). The van der Waals surface area contributed by atoms with Crippen LogP contribution in [-0.2, 0) is 26.2 Å². The van der Waals surface area contributed by atoms with E-state index in [-0.39, 0.29) is 11.8 Å². The largest absolute Gasteiger partial charge is 0.342 e. The van der Waals surface area contributed by atoms with Crippen LogP contribution >= 0.6 is 0 Å². The summed E-state index contributed by atoms with van der Waals surface area (Å²) in [7, 11) is -1.63. The average Bonchev–Trinajstić information content (AvgIpc) is 2.61. The number of carbonyl (C=O) groups excluding carboxylic acids is 2. The fourth-order valence-electron chi connectivity index (χ4n) is 2.37. The summed E-state index contributed by atoms with van der Waals surface area (Å²) >= 11 is 0. The zero-order valence-corrected chi connectivity index (χ0v) is 16.8. The van der Waals surface area contributed by atoms with Crippen molar-refractivity contribution in [3.63, 3.8) is 0 Å². The van der Waals surface area contributed by atoms with Gasteiger partial charge in [-0.25, -0.2) is 8.42 Å². The summed E-state index contributed by atoms with van der Waals surface area (Å²) in [6, 6.07) is 13.9. The van der Waals surface area contributed by atoms with Gasteiger partial charge in [0.05, 0.1) is 6.26 Å². The van der Waals surface area contributed by atoms with Crippen molar-refractivity contribution in [1.82, 2.24) is 4.90 Å². The van der Waals surface area contributed by atoms with Crippen LogP contribution in [0.25, 0.3) is 6.08 Å². The molecule has 2 amide bonds. The van der Waals surface area contributed by atoms with Crippen molar-refractivity contribution in [1.29, 1.82) is 0 Å². The lowest BCUT2D eigenvalue weighted by atomic mass is 10.1. The second-order valence-corrected chi connectivity index (χ2v) is 8.10. The Morgan fingerprint density at radius 2 is 1.71 bits per heavy atom. The molecule has 0 aliphatic heterocycles. The number of para-hydroxylation sites is 1. The van der Waals surface area contributed by atoms with Gasteiger partial charge in [-0.15, -0.1) is 0 Å². The Morgan fingerprint density at radius 1 is 1.07 bits per heavy atom. The first kappa shape index (κ1) is 21.2. The van der Waals surface area contributed by atoms with Crippen LogP contribution in [0.5, 0.6) is 0 Å². The van der Waals surface area contributed by atoms with Crippen LogP contribution in [0.2, 0.25) is 0 Å². The van der Waals surface area contributed by atoms with E-state index in [1.165, 1.54) is 13.0 Å². The SMILES string of the molecule is CC(=O)N(C)Cc1ccccc1NC(=O)/C=C/c1ccc(NS(C)(=O)=O)cc1. The first-order chi connectivity index (χ1) is 13.1. The van der Waals surface area contributed by atoms with Gasteiger partial charge in [0.25, 0.3) is 0 Å². The standard InChI is InChI=1S/C20H23N3O4S/c1-15(24)23(2)14-17-6-4-5-7-19(17)21-20(25)13-10-16-8-11-18(12-9-16)22-28(3,26)27/h4-13,22H,14H2,1-3H3,(H,21,25)/b13-10+. The fraction of sp³-hybridized carbons (Fsp3) is 0.200. The minimum absolute atomic E-state index is 0.0603. The summed E-state index contributed by atoms with van der Waals surface area (Å²) in [5.41, 5.74) is 2.67. The maximum atomic E-state index is 12.2. The van der Waals surface area contributed by atoms with Crippen molar-refractivity contribution >= 4 is 39.3 Å². The number of nitrogens with one attached hydrogen (secondary N) is 2. The molecule has 0 bridgehead atoms. The van der Waals surface area contributed by atoms with Gasteiger partial charge in [0.1, 0.15) is 0 Å². The molecule has 2 aromatic rings. The lowest BCUT2D eigenvalue weighted by molar-refractivity contribution is -0.128. The molecule has 0 saturated carbocycles. The summed E-state index contributed by atoms with van der Waals surface area (Å²) < 4.78 is 24.8. The number of sulfonamides is 1. The highest BCUT2D eigenvalue weighted by atomic mass is 32.2. The second-order valence-electron chi connectivity index (χ2n) is 6.35. The Hall–Kier alpha value is -3.13. The van der Waals surface area contributed by atoms with Crippen molar-refractivity contribution in [3.8, 4) is 0 Å². The first-order valence-electron chi connectivity index (χ1n) is 8.50. The van der Waals surface area contributed by atoms with Crippen LogP contribution < -0.4 is 10.0 Å². The van der Waals surface area contributed by atoms with Crippen molar-refractivity contribution in [2.24, 2.45) is 0 Å². The van der Waals surface area contributed by atoms with Crippen LogP contribution in [0.3, 0.4) is 0 Å². The molecule has 0 atom stereocenters. The van der Waals surface area contributed by atoms with Crippen molar-refractivity contribution in [2.45, 2.75) is 13.5 Å². The van der Waals surface area contributed by atoms with E-state index in [4.69, 9.17) is 0 Å². The minimum atomic E-state index is -3.33. The molecule has 28 heavy (non-hydrogen) atoms. The molecule has 0 aliphatic carbocycles. The third-order valence-corrected chi connectivity index (χ3v) is 4.47. The van der Waals surface area contributed by atoms with E-state index in [0.717, 1.165) is 17.4 Å². The zero-order valence-electron chi connectivity index (χ0n) is 16.0. The Labute approximate surface area is 165 Å². The number of benzene rings is 2. The number of rotatable bonds is 7. The molecular formula is C20H23N3O4S. The predicted octanol–water partition coefficient (Wildman–Crippen LogP) is 2.69. The summed E-state index contributed by atoms with van der Waals surface area (Å²) in [5, 5.41) is 2.81. The third-order valence-electron chi connectivity index (χ3n) is 3.86. The highest BCUT2D eigenvalue weighted by Gasteiger charge is 2.09. The predicted molar refractivity (Wildman–Crippen MR) is 111 cm³/mol. The van der Waals surface area contributed by atoms with Gasteiger partial charge in [0.2, 0.25) is 21.8 Å². The minimum Gasteiger partial charge on any atom is -0.342 e. The average molecular weight is 401 g/mol. The van der Waals surface area contributed by atoms with Gasteiger partial charge < -0.3 is 10.2 Å². The van der Waals surface area contributed by atoms with Crippen LogP contribution in [0.4, 0.5) is 11.4 Å². The zero-order chi connectivity index (χ0) is 20.7. The monoisotopic (exact) mass is 401 g/mol. The molecule has 0 radical (unpaired) electrons. The maximum Gasteiger partial charge on any atom is 0.248 e. The van der Waals surface area contributed by atoms with Crippen LogP contribution in [0.15, 0.2) is 54.6 Å². The quantitative estimate of drug-likeness (QED) is 0.697. The van der Waals surface area contributed by atoms with Crippen LogP contribution in [-0.4, -0.2) is 38.4 Å². The van der Waals surface area contributed by atoms with Gasteiger partial charge >= 0.3 is 0 Å². The Morgan fingerprint density at radius 3 is 2.32 bits per heavy atom. The van der Waals surface area contributed by atoms with Gasteiger partial charge in [-0.05, 0) is 35.4 Å². The lowest BCUT2D eigenvalue weighted by Gasteiger charge is -2.17. The molecule has 2 N–H and O–H groups in total. The molecule has 0 heterocycles. The van der Waals surface area contributed by atoms with E-state index in [1.807, 2.05) is 18.2 Å². The van der Waals surface area contributed by atoms with Gasteiger partial charge in [-0.2, -0.15) is 0 Å². The molecule has 0 fully saturated rings. The first-order valence-corrected chi connectivity index (χ1v) is 10.4. The maximum absolute atomic E-state index is 12.2. The van der Waals surface area contributed by atoms with Gasteiger partial charge in [0.15, 0.2) is 0 Å². The third kappa shape index (κ3) is 6.88. The molecular weight excluding hydrogens is 378 g/mol. The lowest BCUT2D eigenvalue weighted by Crippen LogP contribution is -2.24. The van der Waals surface area contributed by atoms with E-state index in [9.17, 15) is 18.0 Å². The number of carbonyl (C=O) groups is 2. The van der Waals surface area contributed by atoms with E-state index >= 15 is 0 Å². The van der Waals surface area contributed by atoms with Gasteiger partial charge in [-0.3, -0.25) is 14.3 Å². The van der Waals surface area contributed by atoms with Crippen molar-refractivity contribution < 1.29 is 18.0 Å². The van der Waals surface area contributed by atoms with E-state index in [2.05, 4.69) is 10.0 Å². The molecule has 0 aliphatic rings. The number of anilines is 2. The topological polar surface area (TPSA) is 95.6 Å². The number of amides is 2. The molecule has 7 nitrogen and oxygen atoms in total. The summed E-state index contributed by atoms with van der Waals surface area (Å²) in [6.07, 6.45) is 4.10. The molecule has 148 valence electrons. The highest BCUT2D eigenvalue weighted by molar-refractivity contribution is 7.92. The smallest absolute Gasteiger partial charge is 0.248 e. The van der Waals surface area contributed by atoms with Crippen LogP contribution in [0, 0.1) is 0 Å². The van der Waals surface area contributed by atoms with E-state index in [0.29, 0.717) is 17.9 Å². The summed E-state index contributed by atoms with van der Waals surface area (Å²) in [4.78, 5) is 25.2. The molecule has 0 spiro atoms. The highest BCUT2D eigenvalue weighted by Crippen LogP contribution is 2.17. The van der Waals surface area contributed by atoms with E-state index in [1.54, 1.807) is 48.4 Å². The Balaban J connectivity index is 2.03. The number of hydrogen-bond acceptors (Lipinski definition) is 4. The van der Waals surface area contributed by atoms with E-state index < -0.39 is 10.0 Å². The molecule has 0 unspecified atom stereocenters. The normalized spacial score (nSPS) is 11.2. The molecule has 2 aromatic carbocycles. The molecule has 0 saturated heterocycles. The molecule has 0 aromatic heterocycles. The molecule has 8 heteroatoms. The summed E-state index contributed by atoms with van der Waals surface area (Å²) in [5.74, 6) is -0.369. The number of nitrogens with zero attached hydrogens (tertiary/aromatic N) is 1. The van der Waals surface area contributed by atoms with Gasteiger partial charge in [0, 0.05) is 38.0 Å². The second kappa shape index (κ2) is 9.18. The Bertz CT molecular complexity index is 983. The van der Waals surface area contributed by atoms with Crippen molar-refractivity contribution in [3.05, 3.63) is 65.7 Å². The summed E-state index contributed by atoms with van der Waals surface area (Å²) in [6.45, 7) is 1.88. The van der Waals surface area contributed by atoms with Crippen LogP contribution in [0.1, 0.15) is 18.1 Å². The van der Waals surface area contributed by atoms with Crippen molar-refractivity contribution in [2.75, 3.05) is 23.3 Å².